The maximum Gasteiger partial charge on any atom is 0.433 e. The minimum atomic E-state index is -4.46. The number of anilines is 1. The summed E-state index contributed by atoms with van der Waals surface area (Å²) in [7, 11) is 0. The van der Waals surface area contributed by atoms with Crippen LogP contribution >= 0.6 is 24.0 Å². The molecule has 4 rings (SSSR count). The molecule has 1 aliphatic carbocycles. The zero-order chi connectivity index (χ0) is 22.1. The Labute approximate surface area is 197 Å². The summed E-state index contributed by atoms with van der Waals surface area (Å²) in [5.41, 5.74) is 6.50. The minimum absolute atomic E-state index is 0. The molecule has 1 saturated carbocycles. The molecule has 2 fully saturated rings. The summed E-state index contributed by atoms with van der Waals surface area (Å²) >= 11 is 6.21. The van der Waals surface area contributed by atoms with Crippen LogP contribution in [0.4, 0.5) is 19.1 Å². The van der Waals surface area contributed by atoms with Gasteiger partial charge in [-0.15, -0.1) is 12.4 Å². The van der Waals surface area contributed by atoms with Crippen LogP contribution in [-0.2, 0) is 11.6 Å². The average Bonchev–Trinajstić information content (AvgIpc) is 2.79. The largest absolute Gasteiger partial charge is 0.433 e. The fourth-order valence-electron chi connectivity index (χ4n) is 4.90. The third kappa shape index (κ3) is 5.30. The molecular weight excluding hydrogens is 462 g/mol. The number of hydrogen-bond acceptors (Lipinski definition) is 5. The molecule has 32 heavy (non-hydrogen) atoms. The van der Waals surface area contributed by atoms with Crippen LogP contribution in [-0.4, -0.2) is 53.6 Å². The average molecular weight is 490 g/mol. The van der Waals surface area contributed by atoms with Crippen LogP contribution in [0, 0.1) is 0 Å². The van der Waals surface area contributed by atoms with Crippen molar-refractivity contribution in [2.45, 2.75) is 43.3 Å². The van der Waals surface area contributed by atoms with E-state index in [9.17, 15) is 13.2 Å². The van der Waals surface area contributed by atoms with E-state index in [1.165, 1.54) is 11.8 Å². The molecule has 2 heterocycles. The molecule has 0 spiro atoms. The Morgan fingerprint density at radius 1 is 1.09 bits per heavy atom. The monoisotopic (exact) mass is 489 g/mol. The van der Waals surface area contributed by atoms with Gasteiger partial charge >= 0.3 is 6.18 Å². The predicted molar refractivity (Wildman–Crippen MR) is 123 cm³/mol. The number of hydrogen-bond donors (Lipinski definition) is 1. The van der Waals surface area contributed by atoms with Crippen molar-refractivity contribution in [3.05, 3.63) is 52.8 Å². The van der Waals surface area contributed by atoms with Gasteiger partial charge in [0.05, 0.1) is 0 Å². The van der Waals surface area contributed by atoms with Gasteiger partial charge in [0.15, 0.2) is 0 Å². The summed E-state index contributed by atoms with van der Waals surface area (Å²) in [6.45, 7) is 3.41. The molecule has 5 nitrogen and oxygen atoms in total. The van der Waals surface area contributed by atoms with E-state index < -0.39 is 11.9 Å². The molecule has 2 aromatic rings. The maximum atomic E-state index is 12.9. The summed E-state index contributed by atoms with van der Waals surface area (Å²) in [6.07, 6.45) is 0.825. The Balaban J connectivity index is 0.00000289. The molecular formula is C22H28Cl2F3N5. The first-order chi connectivity index (χ1) is 14.8. The van der Waals surface area contributed by atoms with E-state index in [4.69, 9.17) is 17.3 Å². The second kappa shape index (κ2) is 10.1. The summed E-state index contributed by atoms with van der Waals surface area (Å²) in [5, 5.41) is 0.736. The highest BCUT2D eigenvalue weighted by Gasteiger charge is 2.38. The van der Waals surface area contributed by atoms with Crippen molar-refractivity contribution in [2.75, 3.05) is 37.6 Å². The number of nitrogens with zero attached hydrogens (tertiary/aromatic N) is 4. The van der Waals surface area contributed by atoms with Gasteiger partial charge in [-0.2, -0.15) is 13.2 Å². The first kappa shape index (κ1) is 25.0. The van der Waals surface area contributed by atoms with Crippen molar-refractivity contribution in [1.29, 1.82) is 0 Å². The molecule has 0 atom stereocenters. The number of piperazine rings is 1. The first-order valence-corrected chi connectivity index (χ1v) is 11.0. The zero-order valence-electron chi connectivity index (χ0n) is 17.7. The van der Waals surface area contributed by atoms with E-state index in [2.05, 4.69) is 20.9 Å². The number of rotatable bonds is 4. The Kier molecular flexibility index (Phi) is 7.91. The highest BCUT2D eigenvalue weighted by molar-refractivity contribution is 6.30. The summed E-state index contributed by atoms with van der Waals surface area (Å²) in [6, 6.07) is 9.38. The molecule has 1 aromatic heterocycles. The van der Waals surface area contributed by atoms with Gasteiger partial charge in [-0.1, -0.05) is 23.7 Å². The molecule has 1 saturated heterocycles. The van der Waals surface area contributed by atoms with Crippen LogP contribution in [0.3, 0.4) is 0 Å². The molecule has 1 aliphatic heterocycles. The molecule has 2 aliphatic rings. The van der Waals surface area contributed by atoms with Gasteiger partial charge in [-0.05, 0) is 49.4 Å². The predicted octanol–water partition coefficient (Wildman–Crippen LogP) is 4.53. The van der Waals surface area contributed by atoms with Gasteiger partial charge in [0.2, 0.25) is 5.95 Å². The number of aromatic nitrogens is 2. The summed E-state index contributed by atoms with van der Waals surface area (Å²) in [5.74, 6) is 0.154. The normalized spacial score (nSPS) is 24.8. The van der Waals surface area contributed by atoms with E-state index in [1.54, 1.807) is 0 Å². The van der Waals surface area contributed by atoms with Crippen LogP contribution in [0.15, 0.2) is 36.5 Å². The zero-order valence-corrected chi connectivity index (χ0v) is 19.3. The summed E-state index contributed by atoms with van der Waals surface area (Å²) in [4.78, 5) is 12.1. The number of benzene rings is 1. The Morgan fingerprint density at radius 2 is 1.78 bits per heavy atom. The quantitative estimate of drug-likeness (QED) is 0.683. The molecule has 10 heteroatoms. The van der Waals surface area contributed by atoms with Gasteiger partial charge in [-0.25, -0.2) is 9.97 Å². The van der Waals surface area contributed by atoms with Crippen LogP contribution in [0.25, 0.3) is 0 Å². The topological polar surface area (TPSA) is 58.3 Å². The lowest BCUT2D eigenvalue weighted by Crippen LogP contribution is -2.53. The maximum absolute atomic E-state index is 12.9. The van der Waals surface area contributed by atoms with Crippen molar-refractivity contribution >= 4 is 30.0 Å². The minimum Gasteiger partial charge on any atom is -0.338 e. The van der Waals surface area contributed by atoms with E-state index in [0.29, 0.717) is 25.7 Å². The molecule has 0 radical (unpaired) electrons. The fourth-order valence-corrected chi connectivity index (χ4v) is 5.09. The van der Waals surface area contributed by atoms with Crippen LogP contribution in [0.1, 0.15) is 36.9 Å². The van der Waals surface area contributed by atoms with E-state index >= 15 is 0 Å². The highest BCUT2D eigenvalue weighted by atomic mass is 35.5. The third-order valence-electron chi connectivity index (χ3n) is 6.79. The standard InChI is InChI=1S/C22H27ClF3N5.ClH/c23-17-3-1-2-16(14-17)21(15-27)7-4-18(5-8-21)30-10-12-31(13-11-30)20-28-9-6-19(29-20)22(24,25)26;/h1-3,6,9,14,18H,4-5,7-8,10-13,15,27H2;1H/t18-,21+;. The van der Waals surface area contributed by atoms with Crippen molar-refractivity contribution in [1.82, 2.24) is 14.9 Å². The molecule has 2 N–H and O–H groups in total. The smallest absolute Gasteiger partial charge is 0.338 e. The van der Waals surface area contributed by atoms with E-state index in [0.717, 1.165) is 49.9 Å². The second-order valence-corrected chi connectivity index (χ2v) is 8.93. The van der Waals surface area contributed by atoms with E-state index in [1.807, 2.05) is 23.1 Å². The lowest BCUT2D eigenvalue weighted by molar-refractivity contribution is -0.141. The fraction of sp³-hybridized carbons (Fsp3) is 0.545. The Morgan fingerprint density at radius 3 is 2.38 bits per heavy atom. The number of halogens is 5. The molecule has 0 bridgehead atoms. The summed E-state index contributed by atoms with van der Waals surface area (Å²) < 4.78 is 38.8. The van der Waals surface area contributed by atoms with Gasteiger partial charge in [-0.3, -0.25) is 4.90 Å². The lowest BCUT2D eigenvalue weighted by atomic mass is 9.68. The number of alkyl halides is 3. The molecule has 176 valence electrons. The van der Waals surface area contributed by atoms with Crippen molar-refractivity contribution in [2.24, 2.45) is 5.73 Å². The molecule has 0 unspecified atom stereocenters. The van der Waals surface area contributed by atoms with Crippen LogP contribution in [0.5, 0.6) is 0 Å². The highest BCUT2D eigenvalue weighted by Crippen LogP contribution is 2.41. The van der Waals surface area contributed by atoms with Crippen molar-refractivity contribution in [3.8, 4) is 0 Å². The first-order valence-electron chi connectivity index (χ1n) is 10.7. The van der Waals surface area contributed by atoms with Crippen LogP contribution < -0.4 is 10.6 Å². The van der Waals surface area contributed by atoms with Gasteiger partial charge in [0, 0.05) is 55.4 Å². The van der Waals surface area contributed by atoms with Gasteiger partial charge < -0.3 is 10.6 Å². The second-order valence-electron chi connectivity index (χ2n) is 8.49. The van der Waals surface area contributed by atoms with Crippen molar-refractivity contribution < 1.29 is 13.2 Å². The Hall–Kier alpha value is -1.61. The van der Waals surface area contributed by atoms with Crippen molar-refractivity contribution in [3.63, 3.8) is 0 Å². The number of nitrogens with two attached hydrogens (primary N) is 1. The lowest BCUT2D eigenvalue weighted by Gasteiger charge is -2.46. The SMILES string of the molecule is Cl.NC[C@]1(c2cccc(Cl)c2)CC[C@@H](N2CCN(c3nccc(C(F)(F)F)n3)CC2)CC1. The third-order valence-corrected chi connectivity index (χ3v) is 7.02. The van der Waals surface area contributed by atoms with E-state index in [-0.39, 0.29) is 23.8 Å². The Bertz CT molecular complexity index is 895. The van der Waals surface area contributed by atoms with Gasteiger partial charge in [0.1, 0.15) is 5.69 Å². The van der Waals surface area contributed by atoms with Crippen LogP contribution in [0.2, 0.25) is 5.02 Å². The molecule has 1 aromatic carbocycles. The van der Waals surface area contributed by atoms with Gasteiger partial charge in [0.25, 0.3) is 0 Å². The molecule has 0 amide bonds.